The van der Waals surface area contributed by atoms with Crippen LogP contribution in [0.2, 0.25) is 0 Å². The molecule has 0 spiro atoms. The maximum absolute atomic E-state index is 8.98. The normalized spacial score (nSPS) is 12.3. The zero-order valence-corrected chi connectivity index (χ0v) is 15.2. The van der Waals surface area contributed by atoms with Crippen LogP contribution in [0.15, 0.2) is 53.5 Å². The lowest BCUT2D eigenvalue weighted by molar-refractivity contribution is 0.699. The molecule has 0 aliphatic carbocycles. The van der Waals surface area contributed by atoms with Crippen molar-refractivity contribution in [2.45, 2.75) is 33.2 Å². The monoisotopic (exact) mass is 334 g/mol. The van der Waals surface area contributed by atoms with Crippen LogP contribution in [0.25, 0.3) is 0 Å². The molecule has 2 N–H and O–H groups in total. The lowest BCUT2D eigenvalue weighted by Crippen LogP contribution is -2.39. The van der Waals surface area contributed by atoms with Crippen LogP contribution in [0.3, 0.4) is 0 Å². The molecule has 1 unspecified atom stereocenters. The molecule has 0 saturated carbocycles. The quantitative estimate of drug-likeness (QED) is 0.625. The topological polar surface area (TPSA) is 60.2 Å². The van der Waals surface area contributed by atoms with E-state index in [9.17, 15) is 0 Å². The van der Waals surface area contributed by atoms with Gasteiger partial charge in [-0.15, -0.1) is 0 Å². The van der Waals surface area contributed by atoms with E-state index in [1.165, 1.54) is 11.1 Å². The second-order valence-electron chi connectivity index (χ2n) is 6.20. The van der Waals surface area contributed by atoms with Crippen LogP contribution in [0, 0.1) is 18.3 Å². The maximum atomic E-state index is 8.98. The summed E-state index contributed by atoms with van der Waals surface area (Å²) in [6.45, 7) is 8.53. The fraction of sp³-hybridized carbons (Fsp3) is 0.333. The van der Waals surface area contributed by atoms with Gasteiger partial charge in [0.05, 0.1) is 18.2 Å². The van der Waals surface area contributed by atoms with Gasteiger partial charge < -0.3 is 10.6 Å². The third-order valence-corrected chi connectivity index (χ3v) is 4.04. The van der Waals surface area contributed by atoms with Crippen LogP contribution in [-0.4, -0.2) is 19.0 Å². The van der Waals surface area contributed by atoms with Crippen LogP contribution in [0.5, 0.6) is 0 Å². The van der Waals surface area contributed by atoms with Crippen molar-refractivity contribution >= 4 is 5.96 Å². The Bertz CT molecular complexity index is 741. The predicted octanol–water partition coefficient (Wildman–Crippen LogP) is 3.73. The van der Waals surface area contributed by atoms with Crippen molar-refractivity contribution in [3.8, 4) is 6.07 Å². The molecule has 0 bridgehead atoms. The average Bonchev–Trinajstić information content (AvgIpc) is 2.64. The molecular formula is C21H26N4. The first-order valence-electron chi connectivity index (χ1n) is 8.70. The molecule has 4 heteroatoms. The van der Waals surface area contributed by atoms with Gasteiger partial charge in [-0.1, -0.05) is 48.9 Å². The standard InChI is InChI=1S/C21H26N4/c1-4-23-21(25-15-19-7-5-6-18(12-19)13-22)24-14-17(3)20-10-8-16(2)9-11-20/h5-12,17H,4,14-15H2,1-3H3,(H2,23,24,25). The van der Waals surface area contributed by atoms with Gasteiger partial charge in [0, 0.05) is 13.1 Å². The summed E-state index contributed by atoms with van der Waals surface area (Å²) in [5, 5.41) is 15.7. The van der Waals surface area contributed by atoms with Gasteiger partial charge in [0.1, 0.15) is 0 Å². The molecule has 2 rings (SSSR count). The molecule has 0 aromatic heterocycles. The van der Waals surface area contributed by atoms with E-state index >= 15 is 0 Å². The van der Waals surface area contributed by atoms with Gasteiger partial charge in [-0.25, -0.2) is 4.99 Å². The van der Waals surface area contributed by atoms with Gasteiger partial charge in [0.15, 0.2) is 5.96 Å². The van der Waals surface area contributed by atoms with Crippen LogP contribution >= 0.6 is 0 Å². The summed E-state index contributed by atoms with van der Waals surface area (Å²) in [6.07, 6.45) is 0. The van der Waals surface area contributed by atoms with Crippen molar-refractivity contribution in [1.82, 2.24) is 10.6 Å². The first-order chi connectivity index (χ1) is 12.1. The maximum Gasteiger partial charge on any atom is 0.191 e. The molecule has 0 aliphatic heterocycles. The first-order valence-corrected chi connectivity index (χ1v) is 8.70. The molecule has 0 amide bonds. The Morgan fingerprint density at radius 2 is 1.92 bits per heavy atom. The molecular weight excluding hydrogens is 308 g/mol. The van der Waals surface area contributed by atoms with Gasteiger partial charge in [-0.05, 0) is 43.0 Å². The molecule has 25 heavy (non-hydrogen) atoms. The Kier molecular flexibility index (Phi) is 7.03. The molecule has 130 valence electrons. The number of hydrogen-bond donors (Lipinski definition) is 2. The van der Waals surface area contributed by atoms with Crippen molar-refractivity contribution in [2.24, 2.45) is 4.99 Å². The third-order valence-electron chi connectivity index (χ3n) is 4.04. The van der Waals surface area contributed by atoms with Crippen molar-refractivity contribution in [2.75, 3.05) is 13.1 Å². The fourth-order valence-corrected chi connectivity index (χ4v) is 2.51. The summed E-state index contributed by atoms with van der Waals surface area (Å²) in [5.41, 5.74) is 4.29. The number of rotatable bonds is 6. The highest BCUT2D eigenvalue weighted by Gasteiger charge is 2.06. The van der Waals surface area contributed by atoms with Crippen LogP contribution in [-0.2, 0) is 6.54 Å². The minimum absolute atomic E-state index is 0.395. The highest BCUT2D eigenvalue weighted by molar-refractivity contribution is 5.79. The molecule has 0 heterocycles. The van der Waals surface area contributed by atoms with E-state index in [4.69, 9.17) is 5.26 Å². The number of nitrogens with one attached hydrogen (secondary N) is 2. The molecule has 0 radical (unpaired) electrons. The summed E-state index contributed by atoms with van der Waals surface area (Å²) >= 11 is 0. The number of hydrogen-bond acceptors (Lipinski definition) is 2. The smallest absolute Gasteiger partial charge is 0.191 e. The van der Waals surface area contributed by atoms with Crippen LogP contribution < -0.4 is 10.6 Å². The highest BCUT2D eigenvalue weighted by atomic mass is 15.2. The van der Waals surface area contributed by atoms with Crippen LogP contribution in [0.4, 0.5) is 0 Å². The molecule has 1 atom stereocenters. The SMILES string of the molecule is CCNC(=NCc1cccc(C#N)c1)NCC(C)c1ccc(C)cc1. The van der Waals surface area contributed by atoms with Crippen molar-refractivity contribution in [3.05, 3.63) is 70.8 Å². The van der Waals surface area contributed by atoms with Gasteiger partial charge in [-0.2, -0.15) is 5.26 Å². The first kappa shape index (κ1) is 18.5. The number of aryl methyl sites for hydroxylation is 1. The molecule has 0 aliphatic rings. The van der Waals surface area contributed by atoms with Gasteiger partial charge in [0.2, 0.25) is 0 Å². The van der Waals surface area contributed by atoms with E-state index in [-0.39, 0.29) is 0 Å². The van der Waals surface area contributed by atoms with E-state index in [0.29, 0.717) is 18.0 Å². The largest absolute Gasteiger partial charge is 0.357 e. The van der Waals surface area contributed by atoms with E-state index in [2.05, 4.69) is 66.7 Å². The lowest BCUT2D eigenvalue weighted by Gasteiger charge is -2.16. The Hall–Kier alpha value is -2.80. The summed E-state index contributed by atoms with van der Waals surface area (Å²) in [6, 6.07) is 18.4. The number of nitriles is 1. The second kappa shape index (κ2) is 9.48. The summed E-state index contributed by atoms with van der Waals surface area (Å²) < 4.78 is 0. The zero-order valence-electron chi connectivity index (χ0n) is 15.2. The number of benzene rings is 2. The number of aliphatic imine (C=N–C) groups is 1. The molecule has 0 saturated heterocycles. The van der Waals surface area contributed by atoms with Crippen LogP contribution in [0.1, 0.15) is 42.0 Å². The Morgan fingerprint density at radius 3 is 2.60 bits per heavy atom. The van der Waals surface area contributed by atoms with Gasteiger partial charge in [0.25, 0.3) is 0 Å². The van der Waals surface area contributed by atoms with Crippen molar-refractivity contribution < 1.29 is 0 Å². The molecule has 2 aromatic rings. The van der Waals surface area contributed by atoms with E-state index in [0.717, 1.165) is 24.6 Å². The summed E-state index contributed by atoms with van der Waals surface area (Å²) in [7, 11) is 0. The lowest BCUT2D eigenvalue weighted by atomic mass is 10.0. The Morgan fingerprint density at radius 1 is 1.16 bits per heavy atom. The summed E-state index contributed by atoms with van der Waals surface area (Å²) in [5.74, 6) is 1.19. The molecule has 0 fully saturated rings. The predicted molar refractivity (Wildman–Crippen MR) is 104 cm³/mol. The van der Waals surface area contributed by atoms with E-state index in [1.54, 1.807) is 6.07 Å². The van der Waals surface area contributed by atoms with Gasteiger partial charge in [-0.3, -0.25) is 0 Å². The fourth-order valence-electron chi connectivity index (χ4n) is 2.51. The second-order valence-corrected chi connectivity index (χ2v) is 6.20. The molecule has 2 aromatic carbocycles. The van der Waals surface area contributed by atoms with Gasteiger partial charge >= 0.3 is 0 Å². The Labute approximate surface area is 150 Å². The highest BCUT2D eigenvalue weighted by Crippen LogP contribution is 2.14. The molecule has 4 nitrogen and oxygen atoms in total. The Balaban J connectivity index is 1.97. The third kappa shape index (κ3) is 5.96. The number of nitrogens with zero attached hydrogens (tertiary/aromatic N) is 2. The van der Waals surface area contributed by atoms with Crippen molar-refractivity contribution in [1.29, 1.82) is 5.26 Å². The number of guanidine groups is 1. The minimum atomic E-state index is 0.395. The van der Waals surface area contributed by atoms with E-state index < -0.39 is 0 Å². The average molecular weight is 334 g/mol. The summed E-state index contributed by atoms with van der Waals surface area (Å²) in [4.78, 5) is 4.62. The minimum Gasteiger partial charge on any atom is -0.357 e. The zero-order chi connectivity index (χ0) is 18.1. The van der Waals surface area contributed by atoms with E-state index in [1.807, 2.05) is 18.2 Å². The van der Waals surface area contributed by atoms with Crippen molar-refractivity contribution in [3.63, 3.8) is 0 Å².